The van der Waals surface area contributed by atoms with E-state index in [1.165, 1.54) is 21.7 Å². The van der Waals surface area contributed by atoms with E-state index < -0.39 is 11.7 Å². The van der Waals surface area contributed by atoms with Crippen molar-refractivity contribution in [3.63, 3.8) is 0 Å². The van der Waals surface area contributed by atoms with E-state index in [2.05, 4.69) is 10.00 Å². The highest BCUT2D eigenvalue weighted by molar-refractivity contribution is 8.18. The van der Waals surface area contributed by atoms with Crippen LogP contribution < -0.4 is 0 Å². The Morgan fingerprint density at radius 2 is 1.89 bits per heavy atom. The van der Waals surface area contributed by atoms with Gasteiger partial charge in [-0.3, -0.25) is 19.2 Å². The second-order valence-corrected chi connectivity index (χ2v) is 11.1. The van der Waals surface area contributed by atoms with E-state index in [0.717, 1.165) is 50.3 Å². The van der Waals surface area contributed by atoms with Gasteiger partial charge in [-0.2, -0.15) is 18.3 Å². The highest BCUT2D eigenvalue weighted by atomic mass is 35.5. The van der Waals surface area contributed by atoms with Crippen molar-refractivity contribution in [3.8, 4) is 0 Å². The van der Waals surface area contributed by atoms with Crippen LogP contribution >= 0.6 is 23.4 Å². The van der Waals surface area contributed by atoms with Crippen LogP contribution in [0.3, 0.4) is 0 Å². The third kappa shape index (κ3) is 4.55. The van der Waals surface area contributed by atoms with Gasteiger partial charge in [0.15, 0.2) is 0 Å². The lowest BCUT2D eigenvalue weighted by molar-refractivity contribution is -0.138. The van der Waals surface area contributed by atoms with Gasteiger partial charge < -0.3 is 4.90 Å². The molecule has 3 aromatic rings. The maximum absolute atomic E-state index is 13.5. The standard InChI is InChI=1S/C26H22ClF3N4O2S/c27-19-3-2-17(20(11-19)26(28,29)30)13-33-21-4-1-15(9-18(21)12-31-33)10-23-24(35)34(25(36)37-23)22-14-32-7-5-16(22)6-8-32/h1-4,9-12,16,22H,5-8,13-14H2/b23-10-/t22-/m1/s1. The lowest BCUT2D eigenvalue weighted by Crippen LogP contribution is -2.58. The first-order chi connectivity index (χ1) is 17.7. The van der Waals surface area contributed by atoms with Gasteiger partial charge in [0.05, 0.1) is 34.8 Å². The summed E-state index contributed by atoms with van der Waals surface area (Å²) in [6.45, 7) is 2.71. The molecule has 2 bridgehead atoms. The highest BCUT2D eigenvalue weighted by Crippen LogP contribution is 2.40. The zero-order chi connectivity index (χ0) is 25.9. The van der Waals surface area contributed by atoms with Crippen molar-refractivity contribution in [1.82, 2.24) is 19.6 Å². The zero-order valence-corrected chi connectivity index (χ0v) is 21.1. The maximum Gasteiger partial charge on any atom is 0.416 e. The molecule has 192 valence electrons. The number of fused-ring (bicyclic) bond motifs is 4. The van der Waals surface area contributed by atoms with Gasteiger partial charge in [0.1, 0.15) is 0 Å². The Balaban J connectivity index is 1.25. The van der Waals surface area contributed by atoms with Crippen molar-refractivity contribution in [3.05, 3.63) is 69.2 Å². The summed E-state index contributed by atoms with van der Waals surface area (Å²) >= 11 is 6.75. The summed E-state index contributed by atoms with van der Waals surface area (Å²) in [4.78, 5) is 30.1. The van der Waals surface area contributed by atoms with E-state index in [-0.39, 0.29) is 34.3 Å². The first-order valence-electron chi connectivity index (χ1n) is 12.0. The maximum atomic E-state index is 13.5. The van der Waals surface area contributed by atoms with Crippen LogP contribution in [0.4, 0.5) is 18.0 Å². The van der Waals surface area contributed by atoms with Gasteiger partial charge in [-0.15, -0.1) is 0 Å². The van der Waals surface area contributed by atoms with Crippen LogP contribution in [0.1, 0.15) is 29.5 Å². The molecule has 2 aromatic carbocycles. The summed E-state index contributed by atoms with van der Waals surface area (Å²) in [5.41, 5.74) is 0.640. The molecule has 11 heteroatoms. The van der Waals surface area contributed by atoms with E-state index >= 15 is 0 Å². The fourth-order valence-electron chi connectivity index (χ4n) is 5.58. The van der Waals surface area contributed by atoms with Crippen LogP contribution in [-0.4, -0.2) is 56.4 Å². The molecule has 1 atom stereocenters. The molecule has 2 amide bonds. The summed E-state index contributed by atoms with van der Waals surface area (Å²) in [5.74, 6) is 0.102. The van der Waals surface area contributed by atoms with Crippen molar-refractivity contribution >= 4 is 51.5 Å². The van der Waals surface area contributed by atoms with E-state index in [1.807, 2.05) is 6.07 Å². The second kappa shape index (κ2) is 9.18. The molecule has 0 radical (unpaired) electrons. The van der Waals surface area contributed by atoms with Crippen LogP contribution in [0, 0.1) is 5.92 Å². The Kier molecular flexibility index (Phi) is 6.08. The minimum Gasteiger partial charge on any atom is -0.301 e. The molecule has 4 saturated heterocycles. The quantitative estimate of drug-likeness (QED) is 0.382. The van der Waals surface area contributed by atoms with Crippen LogP contribution in [0.2, 0.25) is 5.02 Å². The van der Waals surface area contributed by atoms with E-state index in [1.54, 1.807) is 24.4 Å². The normalized spacial score (nSPS) is 25.1. The minimum atomic E-state index is -4.53. The van der Waals surface area contributed by atoms with Crippen LogP contribution in [0.5, 0.6) is 0 Å². The minimum absolute atomic E-state index is 0.0176. The summed E-state index contributed by atoms with van der Waals surface area (Å²) in [7, 11) is 0. The van der Waals surface area contributed by atoms with E-state index in [4.69, 9.17) is 11.6 Å². The fraction of sp³-hybridized carbons (Fsp3) is 0.346. The molecule has 6 nitrogen and oxygen atoms in total. The van der Waals surface area contributed by atoms with Gasteiger partial charge >= 0.3 is 6.18 Å². The molecule has 0 saturated carbocycles. The van der Waals surface area contributed by atoms with Crippen LogP contribution in [-0.2, 0) is 17.5 Å². The van der Waals surface area contributed by atoms with Gasteiger partial charge in [-0.1, -0.05) is 23.7 Å². The molecule has 1 aromatic heterocycles. The zero-order valence-electron chi connectivity index (χ0n) is 19.5. The molecular weight excluding hydrogens is 525 g/mol. The molecule has 5 heterocycles. The van der Waals surface area contributed by atoms with Gasteiger partial charge in [0.25, 0.3) is 11.1 Å². The van der Waals surface area contributed by atoms with Crippen molar-refractivity contribution in [1.29, 1.82) is 0 Å². The molecule has 4 aliphatic rings. The summed E-state index contributed by atoms with van der Waals surface area (Å²) in [6.07, 6.45) is 0.756. The van der Waals surface area contributed by atoms with Crippen molar-refractivity contribution in [2.75, 3.05) is 19.6 Å². The number of hydrogen-bond donors (Lipinski definition) is 0. The molecule has 4 aliphatic heterocycles. The predicted octanol–water partition coefficient (Wildman–Crippen LogP) is 5.89. The number of carbonyl (C=O) groups excluding carboxylic acids is 2. The lowest BCUT2D eigenvalue weighted by Gasteiger charge is -2.47. The molecular formula is C26H22ClF3N4O2S. The first-order valence-corrected chi connectivity index (χ1v) is 13.2. The Hall–Kier alpha value is -2.82. The predicted molar refractivity (Wildman–Crippen MR) is 136 cm³/mol. The Morgan fingerprint density at radius 3 is 2.59 bits per heavy atom. The third-order valence-corrected chi connectivity index (χ3v) is 8.56. The lowest BCUT2D eigenvalue weighted by atomic mass is 9.83. The number of aromatic nitrogens is 2. The summed E-state index contributed by atoms with van der Waals surface area (Å²) in [5, 5.41) is 4.79. The number of alkyl halides is 3. The summed E-state index contributed by atoms with van der Waals surface area (Å²) in [6, 6.07) is 8.98. The molecule has 7 rings (SSSR count). The number of halogens is 4. The number of carbonyl (C=O) groups is 2. The van der Waals surface area contributed by atoms with Crippen molar-refractivity contribution in [2.45, 2.75) is 31.6 Å². The molecule has 0 unspecified atom stereocenters. The molecule has 37 heavy (non-hydrogen) atoms. The van der Waals surface area contributed by atoms with Gasteiger partial charge in [-0.05, 0) is 85.1 Å². The number of benzene rings is 2. The highest BCUT2D eigenvalue weighted by Gasteiger charge is 2.46. The van der Waals surface area contributed by atoms with Crippen molar-refractivity contribution in [2.24, 2.45) is 5.92 Å². The smallest absolute Gasteiger partial charge is 0.301 e. The number of piperidine rings is 3. The van der Waals surface area contributed by atoms with Gasteiger partial charge in [0, 0.05) is 17.0 Å². The first kappa shape index (κ1) is 24.5. The number of rotatable bonds is 4. The average Bonchev–Trinajstić information content (AvgIpc) is 3.39. The fourth-order valence-corrected chi connectivity index (χ4v) is 6.63. The Labute approximate surface area is 220 Å². The van der Waals surface area contributed by atoms with Crippen molar-refractivity contribution < 1.29 is 22.8 Å². The summed E-state index contributed by atoms with van der Waals surface area (Å²) < 4.78 is 42.0. The average molecular weight is 547 g/mol. The molecule has 0 N–H and O–H groups in total. The monoisotopic (exact) mass is 546 g/mol. The second-order valence-electron chi connectivity index (χ2n) is 9.68. The number of amides is 2. The Morgan fingerprint density at radius 1 is 1.11 bits per heavy atom. The van der Waals surface area contributed by atoms with E-state index in [0.29, 0.717) is 27.3 Å². The number of hydrogen-bond acceptors (Lipinski definition) is 5. The van der Waals surface area contributed by atoms with Crippen LogP contribution in [0.25, 0.3) is 17.0 Å². The topological polar surface area (TPSA) is 58.4 Å². The van der Waals surface area contributed by atoms with E-state index in [9.17, 15) is 22.8 Å². The largest absolute Gasteiger partial charge is 0.416 e. The number of nitrogens with zero attached hydrogens (tertiary/aromatic N) is 4. The van der Waals surface area contributed by atoms with Gasteiger partial charge in [-0.25, -0.2) is 0 Å². The molecule has 0 aliphatic carbocycles. The van der Waals surface area contributed by atoms with Gasteiger partial charge in [0.2, 0.25) is 0 Å². The number of imide groups is 1. The molecule has 4 fully saturated rings. The SMILES string of the molecule is O=C1S/C(=C\c2ccc3c(cnn3Cc3ccc(Cl)cc3C(F)(F)F)c2)C(=O)N1[C@@H]1CN2CCC1CC2. The van der Waals surface area contributed by atoms with Crippen LogP contribution in [0.15, 0.2) is 47.5 Å². The Bertz CT molecular complexity index is 1450. The molecule has 0 spiro atoms. The third-order valence-electron chi connectivity index (χ3n) is 7.44. The number of thioether (sulfide) groups is 1.